The van der Waals surface area contributed by atoms with E-state index in [-0.39, 0.29) is 11.7 Å². The van der Waals surface area contributed by atoms with Crippen molar-refractivity contribution in [2.45, 2.75) is 27.2 Å². The molecule has 0 radical (unpaired) electrons. The first kappa shape index (κ1) is 22.7. The molecule has 5 nitrogen and oxygen atoms in total. The number of benzene rings is 3. The minimum Gasteiger partial charge on any atom is -0.504 e. The summed E-state index contributed by atoms with van der Waals surface area (Å²) >= 11 is 1.34. The van der Waals surface area contributed by atoms with E-state index in [2.05, 4.69) is 0 Å². The van der Waals surface area contributed by atoms with E-state index in [1.165, 1.54) is 11.8 Å². The molecule has 0 unspecified atom stereocenters. The van der Waals surface area contributed by atoms with Gasteiger partial charge in [-0.3, -0.25) is 9.69 Å². The highest BCUT2D eigenvalue weighted by Crippen LogP contribution is 2.39. The van der Waals surface area contributed by atoms with Gasteiger partial charge in [-0.2, -0.15) is 0 Å². The molecule has 168 valence electrons. The van der Waals surface area contributed by atoms with E-state index < -0.39 is 0 Å². The van der Waals surface area contributed by atoms with Crippen LogP contribution in [0, 0.1) is 13.8 Å². The summed E-state index contributed by atoms with van der Waals surface area (Å²) in [7, 11) is 0. The van der Waals surface area contributed by atoms with Gasteiger partial charge in [0.25, 0.3) is 5.91 Å². The second-order valence-corrected chi connectivity index (χ2v) is 8.80. The second-order valence-electron chi connectivity index (χ2n) is 7.79. The number of aliphatic imine (C=N–C) groups is 1. The van der Waals surface area contributed by atoms with Crippen LogP contribution in [0.2, 0.25) is 0 Å². The first-order valence-corrected chi connectivity index (χ1v) is 11.7. The maximum atomic E-state index is 13.5. The van der Waals surface area contributed by atoms with Crippen LogP contribution in [0.3, 0.4) is 0 Å². The Labute approximate surface area is 198 Å². The number of aromatic hydroxyl groups is 1. The van der Waals surface area contributed by atoms with Gasteiger partial charge in [0, 0.05) is 0 Å². The Bertz CT molecular complexity index is 1250. The van der Waals surface area contributed by atoms with Crippen molar-refractivity contribution >= 4 is 40.3 Å². The Morgan fingerprint density at radius 1 is 1.03 bits per heavy atom. The average Bonchev–Trinajstić information content (AvgIpc) is 3.10. The van der Waals surface area contributed by atoms with E-state index in [0.717, 1.165) is 34.5 Å². The van der Waals surface area contributed by atoms with Crippen LogP contribution in [-0.4, -0.2) is 22.8 Å². The largest absolute Gasteiger partial charge is 0.504 e. The van der Waals surface area contributed by atoms with Gasteiger partial charge in [-0.15, -0.1) is 0 Å². The van der Waals surface area contributed by atoms with E-state index in [0.29, 0.717) is 22.4 Å². The van der Waals surface area contributed by atoms with Gasteiger partial charge in [-0.05, 0) is 79.1 Å². The Kier molecular flexibility index (Phi) is 6.84. The summed E-state index contributed by atoms with van der Waals surface area (Å²) in [6, 6.07) is 20.8. The fraction of sp³-hybridized carbons (Fsp3) is 0.185. The first-order valence-electron chi connectivity index (χ1n) is 10.9. The molecule has 0 aromatic heterocycles. The maximum absolute atomic E-state index is 13.5. The minimum atomic E-state index is -0.134. The highest BCUT2D eigenvalue weighted by atomic mass is 32.2. The van der Waals surface area contributed by atoms with Gasteiger partial charge in [0.1, 0.15) is 0 Å². The molecule has 4 rings (SSSR count). The molecule has 0 spiro atoms. The SMILES string of the molecule is CCCOc1cc(/C=C2\SC(=Nc3ccccc3C)N(c3ccccc3C)C2=O)ccc1O. The smallest absolute Gasteiger partial charge is 0.271 e. The number of amidine groups is 1. The zero-order chi connectivity index (χ0) is 23.4. The summed E-state index contributed by atoms with van der Waals surface area (Å²) in [4.78, 5) is 20.6. The van der Waals surface area contributed by atoms with E-state index in [1.807, 2.05) is 75.4 Å². The lowest BCUT2D eigenvalue weighted by molar-refractivity contribution is -0.113. The molecule has 1 saturated heterocycles. The van der Waals surface area contributed by atoms with Crippen LogP contribution >= 0.6 is 11.8 Å². The second kappa shape index (κ2) is 9.96. The maximum Gasteiger partial charge on any atom is 0.271 e. The molecule has 1 heterocycles. The number of thioether (sulfide) groups is 1. The van der Waals surface area contributed by atoms with Crippen LogP contribution < -0.4 is 9.64 Å². The number of carbonyl (C=O) groups is 1. The molecule has 1 aliphatic heterocycles. The van der Waals surface area contributed by atoms with Crippen molar-refractivity contribution in [2.75, 3.05) is 11.5 Å². The number of nitrogens with zero attached hydrogens (tertiary/aromatic N) is 2. The number of phenols is 1. The summed E-state index contributed by atoms with van der Waals surface area (Å²) in [5.41, 5.74) is 4.44. The number of amides is 1. The fourth-order valence-corrected chi connectivity index (χ4v) is 4.45. The van der Waals surface area contributed by atoms with Crippen molar-refractivity contribution in [3.05, 3.63) is 88.3 Å². The lowest BCUT2D eigenvalue weighted by Crippen LogP contribution is -2.29. The first-order chi connectivity index (χ1) is 16.0. The van der Waals surface area contributed by atoms with Crippen molar-refractivity contribution in [3.63, 3.8) is 0 Å². The van der Waals surface area contributed by atoms with Gasteiger partial charge in [-0.1, -0.05) is 49.4 Å². The average molecular weight is 459 g/mol. The monoisotopic (exact) mass is 458 g/mol. The van der Waals surface area contributed by atoms with Crippen LogP contribution in [0.25, 0.3) is 6.08 Å². The van der Waals surface area contributed by atoms with E-state index in [4.69, 9.17) is 9.73 Å². The number of rotatable bonds is 6. The summed E-state index contributed by atoms with van der Waals surface area (Å²) in [5.74, 6) is 0.358. The summed E-state index contributed by atoms with van der Waals surface area (Å²) in [6.45, 7) is 6.50. The zero-order valence-corrected chi connectivity index (χ0v) is 19.7. The predicted molar refractivity (Wildman–Crippen MR) is 136 cm³/mol. The number of carbonyl (C=O) groups excluding carboxylic acids is 1. The number of para-hydroxylation sites is 2. The van der Waals surface area contributed by atoms with Gasteiger partial charge < -0.3 is 9.84 Å². The third-order valence-corrected chi connectivity index (χ3v) is 6.21. The summed E-state index contributed by atoms with van der Waals surface area (Å²) in [5, 5.41) is 10.7. The van der Waals surface area contributed by atoms with Gasteiger partial charge in [0.15, 0.2) is 16.7 Å². The molecule has 1 fully saturated rings. The number of ether oxygens (including phenoxy) is 1. The summed E-state index contributed by atoms with van der Waals surface area (Å²) in [6.07, 6.45) is 2.65. The van der Waals surface area contributed by atoms with Crippen molar-refractivity contribution in [1.29, 1.82) is 0 Å². The molecule has 1 aliphatic rings. The fourth-order valence-electron chi connectivity index (χ4n) is 3.47. The number of aryl methyl sites for hydroxylation is 2. The Balaban J connectivity index is 1.77. The molecule has 3 aromatic carbocycles. The van der Waals surface area contributed by atoms with Gasteiger partial charge in [0.2, 0.25) is 0 Å². The van der Waals surface area contributed by atoms with Crippen LogP contribution in [-0.2, 0) is 4.79 Å². The number of phenolic OH excluding ortho intramolecular Hbond substituents is 1. The standard InChI is InChI=1S/C27H26N2O3S/c1-4-15-32-24-16-20(13-14-23(24)30)17-25-26(31)29(22-12-8-6-10-19(22)3)27(33-25)28-21-11-7-5-9-18(21)2/h5-14,16-17,30H,4,15H2,1-3H3/b25-17-,28-27?. The van der Waals surface area contributed by atoms with E-state index in [1.54, 1.807) is 23.1 Å². The van der Waals surface area contributed by atoms with Crippen LogP contribution in [0.5, 0.6) is 11.5 Å². The van der Waals surface area contributed by atoms with Crippen LogP contribution in [0.4, 0.5) is 11.4 Å². The molecule has 33 heavy (non-hydrogen) atoms. The highest BCUT2D eigenvalue weighted by Gasteiger charge is 2.35. The lowest BCUT2D eigenvalue weighted by atomic mass is 10.1. The molecule has 1 amide bonds. The number of hydrogen-bond donors (Lipinski definition) is 1. The van der Waals surface area contributed by atoms with Crippen molar-refractivity contribution in [1.82, 2.24) is 0 Å². The zero-order valence-electron chi connectivity index (χ0n) is 18.9. The molecule has 6 heteroatoms. The Morgan fingerprint density at radius 3 is 2.48 bits per heavy atom. The number of hydrogen-bond acceptors (Lipinski definition) is 5. The van der Waals surface area contributed by atoms with Gasteiger partial charge >= 0.3 is 0 Å². The van der Waals surface area contributed by atoms with Crippen molar-refractivity contribution in [3.8, 4) is 11.5 Å². The molecule has 3 aromatic rings. The van der Waals surface area contributed by atoms with E-state index in [9.17, 15) is 9.90 Å². The minimum absolute atomic E-state index is 0.0827. The van der Waals surface area contributed by atoms with E-state index >= 15 is 0 Å². The van der Waals surface area contributed by atoms with Gasteiger partial charge in [0.05, 0.1) is 22.9 Å². The van der Waals surface area contributed by atoms with Gasteiger partial charge in [-0.25, -0.2) is 4.99 Å². The normalized spacial score (nSPS) is 16.1. The molecular weight excluding hydrogens is 432 g/mol. The molecular formula is C27H26N2O3S. The topological polar surface area (TPSA) is 62.1 Å². The van der Waals surface area contributed by atoms with Crippen molar-refractivity contribution < 1.29 is 14.6 Å². The molecule has 1 N–H and O–H groups in total. The Morgan fingerprint density at radius 2 is 1.76 bits per heavy atom. The van der Waals surface area contributed by atoms with Crippen LogP contribution in [0.15, 0.2) is 76.6 Å². The third kappa shape index (κ3) is 4.96. The molecule has 0 bridgehead atoms. The van der Waals surface area contributed by atoms with Crippen molar-refractivity contribution in [2.24, 2.45) is 4.99 Å². The van der Waals surface area contributed by atoms with Crippen LogP contribution in [0.1, 0.15) is 30.0 Å². The summed E-state index contributed by atoms with van der Waals surface area (Å²) < 4.78 is 5.63. The third-order valence-electron chi connectivity index (χ3n) is 5.24. The number of anilines is 1. The predicted octanol–water partition coefficient (Wildman–Crippen LogP) is 6.61. The lowest BCUT2D eigenvalue weighted by Gasteiger charge is -2.18. The molecule has 0 aliphatic carbocycles. The Hall–Kier alpha value is -3.51. The quantitative estimate of drug-likeness (QED) is 0.422. The highest BCUT2D eigenvalue weighted by molar-refractivity contribution is 8.19. The molecule has 0 atom stereocenters. The molecule has 0 saturated carbocycles.